The number of esters is 1. The van der Waals surface area contributed by atoms with Crippen LogP contribution >= 0.6 is 0 Å². The first-order chi connectivity index (χ1) is 11.2. The highest BCUT2D eigenvalue weighted by atomic mass is 16.5. The quantitative estimate of drug-likeness (QED) is 0.763. The number of ether oxygens (including phenoxy) is 1. The van der Waals surface area contributed by atoms with Crippen LogP contribution in [0, 0.1) is 0 Å². The first-order valence-electron chi connectivity index (χ1n) is 7.99. The van der Waals surface area contributed by atoms with Gasteiger partial charge in [-0.2, -0.15) is 4.98 Å². The normalized spacial score (nSPS) is 16.0. The molecule has 0 atom stereocenters. The molecular formula is C15H21N5O3. The number of anilines is 1. The van der Waals surface area contributed by atoms with E-state index >= 15 is 0 Å². The Hall–Kier alpha value is -2.22. The molecule has 124 valence electrons. The molecule has 1 fully saturated rings. The molecule has 0 bridgehead atoms. The van der Waals surface area contributed by atoms with Gasteiger partial charge in [0.1, 0.15) is 17.5 Å². The monoisotopic (exact) mass is 319 g/mol. The lowest BCUT2D eigenvalue weighted by molar-refractivity contribution is 0.0517. The first-order valence-corrected chi connectivity index (χ1v) is 7.99. The van der Waals surface area contributed by atoms with E-state index in [4.69, 9.17) is 9.26 Å². The molecule has 0 amide bonds. The summed E-state index contributed by atoms with van der Waals surface area (Å²) in [4.78, 5) is 25.1. The zero-order chi connectivity index (χ0) is 16.2. The number of hydrogen-bond acceptors (Lipinski definition) is 8. The Bertz CT molecular complexity index is 679. The molecule has 8 heteroatoms. The predicted octanol–water partition coefficient (Wildman–Crippen LogP) is 1.33. The van der Waals surface area contributed by atoms with Gasteiger partial charge in [-0.15, -0.1) is 0 Å². The summed E-state index contributed by atoms with van der Waals surface area (Å²) < 4.78 is 10.2. The maximum atomic E-state index is 12.1. The van der Waals surface area contributed by atoms with Gasteiger partial charge < -0.3 is 14.2 Å². The van der Waals surface area contributed by atoms with Crippen LogP contribution in [0.5, 0.6) is 0 Å². The number of hydrogen-bond donors (Lipinski definition) is 0. The molecule has 2 aromatic rings. The lowest BCUT2D eigenvalue weighted by Crippen LogP contribution is -2.46. The van der Waals surface area contributed by atoms with Gasteiger partial charge in [-0.1, -0.05) is 12.1 Å². The van der Waals surface area contributed by atoms with E-state index in [1.165, 1.54) is 6.33 Å². The molecule has 0 aliphatic carbocycles. The summed E-state index contributed by atoms with van der Waals surface area (Å²) >= 11 is 0. The highest BCUT2D eigenvalue weighted by Crippen LogP contribution is 2.27. The Labute approximate surface area is 134 Å². The second-order valence-electron chi connectivity index (χ2n) is 5.46. The van der Waals surface area contributed by atoms with Gasteiger partial charge >= 0.3 is 5.97 Å². The third-order valence-corrected chi connectivity index (χ3v) is 3.93. The number of piperazine rings is 1. The van der Waals surface area contributed by atoms with E-state index < -0.39 is 5.97 Å². The fourth-order valence-electron chi connectivity index (χ4n) is 2.85. The van der Waals surface area contributed by atoms with E-state index in [0.717, 1.165) is 39.1 Å². The Balaban J connectivity index is 1.89. The summed E-state index contributed by atoms with van der Waals surface area (Å²) in [6, 6.07) is 0. The van der Waals surface area contributed by atoms with Crippen molar-refractivity contribution in [3.05, 3.63) is 12.0 Å². The van der Waals surface area contributed by atoms with Crippen molar-refractivity contribution in [3.8, 4) is 0 Å². The SMILES string of the molecule is CCCN1CCN(c2ncnc3onc(C(=O)OCC)c23)CC1. The second-order valence-corrected chi connectivity index (χ2v) is 5.46. The van der Waals surface area contributed by atoms with Crippen LogP contribution < -0.4 is 4.90 Å². The molecule has 8 nitrogen and oxygen atoms in total. The highest BCUT2D eigenvalue weighted by Gasteiger charge is 2.26. The standard InChI is InChI=1S/C15H21N5O3/c1-3-5-19-6-8-20(9-7-19)13-11-12(15(21)22-4-2)18-23-14(11)17-10-16-13/h10H,3-9H2,1-2H3. The number of carbonyl (C=O) groups excluding carboxylic acids is 1. The average Bonchev–Trinajstić information content (AvgIpc) is 3.00. The average molecular weight is 319 g/mol. The Morgan fingerprint density at radius 2 is 2.04 bits per heavy atom. The topological polar surface area (TPSA) is 84.6 Å². The summed E-state index contributed by atoms with van der Waals surface area (Å²) in [6.45, 7) is 8.96. The molecule has 0 aromatic carbocycles. The molecule has 0 radical (unpaired) electrons. The Kier molecular flexibility index (Phi) is 4.71. The van der Waals surface area contributed by atoms with Gasteiger partial charge in [0.15, 0.2) is 0 Å². The molecule has 1 aliphatic rings. The van der Waals surface area contributed by atoms with Crippen LogP contribution in [0.1, 0.15) is 30.8 Å². The van der Waals surface area contributed by atoms with Gasteiger partial charge in [0.05, 0.1) is 6.61 Å². The third kappa shape index (κ3) is 3.12. The van der Waals surface area contributed by atoms with E-state index in [2.05, 4.69) is 31.8 Å². The van der Waals surface area contributed by atoms with Crippen molar-refractivity contribution in [2.45, 2.75) is 20.3 Å². The fourth-order valence-corrected chi connectivity index (χ4v) is 2.85. The minimum Gasteiger partial charge on any atom is -0.461 e. The molecule has 3 rings (SSSR count). The smallest absolute Gasteiger partial charge is 0.361 e. The van der Waals surface area contributed by atoms with E-state index in [0.29, 0.717) is 16.9 Å². The van der Waals surface area contributed by atoms with Crippen molar-refractivity contribution in [3.63, 3.8) is 0 Å². The molecule has 1 aliphatic heterocycles. The highest BCUT2D eigenvalue weighted by molar-refractivity contribution is 6.04. The predicted molar refractivity (Wildman–Crippen MR) is 84.5 cm³/mol. The number of fused-ring (bicyclic) bond motifs is 1. The zero-order valence-electron chi connectivity index (χ0n) is 13.5. The van der Waals surface area contributed by atoms with Crippen LogP contribution in [0.25, 0.3) is 11.1 Å². The van der Waals surface area contributed by atoms with Crippen molar-refractivity contribution in [1.29, 1.82) is 0 Å². The van der Waals surface area contributed by atoms with Crippen LogP contribution in [0.4, 0.5) is 5.82 Å². The molecular weight excluding hydrogens is 298 g/mol. The van der Waals surface area contributed by atoms with Crippen molar-refractivity contribution in [2.75, 3.05) is 44.2 Å². The van der Waals surface area contributed by atoms with Gasteiger partial charge in [-0.3, -0.25) is 4.90 Å². The number of carbonyl (C=O) groups is 1. The minimum atomic E-state index is -0.507. The van der Waals surface area contributed by atoms with Crippen LogP contribution in [0.2, 0.25) is 0 Å². The number of nitrogens with zero attached hydrogens (tertiary/aromatic N) is 5. The van der Waals surface area contributed by atoms with Crippen LogP contribution in [-0.4, -0.2) is 65.3 Å². The lowest BCUT2D eigenvalue weighted by atomic mass is 10.2. The van der Waals surface area contributed by atoms with Gasteiger partial charge in [0.2, 0.25) is 5.69 Å². The van der Waals surface area contributed by atoms with Crippen molar-refractivity contribution >= 4 is 22.9 Å². The maximum Gasteiger partial charge on any atom is 0.361 e. The summed E-state index contributed by atoms with van der Waals surface area (Å²) in [5.41, 5.74) is 0.461. The van der Waals surface area contributed by atoms with Gasteiger partial charge in [-0.25, -0.2) is 9.78 Å². The van der Waals surface area contributed by atoms with Crippen LogP contribution in [0.15, 0.2) is 10.9 Å². The summed E-state index contributed by atoms with van der Waals surface area (Å²) in [5, 5.41) is 4.36. The van der Waals surface area contributed by atoms with Crippen molar-refractivity contribution in [2.24, 2.45) is 0 Å². The summed E-state index contributed by atoms with van der Waals surface area (Å²) in [5.74, 6) is 0.183. The third-order valence-electron chi connectivity index (χ3n) is 3.93. The minimum absolute atomic E-state index is 0.147. The zero-order valence-corrected chi connectivity index (χ0v) is 13.5. The largest absolute Gasteiger partial charge is 0.461 e. The van der Waals surface area contributed by atoms with E-state index in [1.54, 1.807) is 6.92 Å². The molecule has 23 heavy (non-hydrogen) atoms. The van der Waals surface area contributed by atoms with Crippen molar-refractivity contribution < 1.29 is 14.1 Å². The second kappa shape index (κ2) is 6.91. The van der Waals surface area contributed by atoms with Crippen LogP contribution in [0.3, 0.4) is 0 Å². The molecule has 0 saturated carbocycles. The Morgan fingerprint density at radius 1 is 1.26 bits per heavy atom. The van der Waals surface area contributed by atoms with E-state index in [1.807, 2.05) is 0 Å². The van der Waals surface area contributed by atoms with Crippen molar-refractivity contribution in [1.82, 2.24) is 20.0 Å². The molecule has 0 N–H and O–H groups in total. The molecule has 2 aromatic heterocycles. The first kappa shape index (κ1) is 15.7. The van der Waals surface area contributed by atoms with Gasteiger partial charge in [0.25, 0.3) is 5.71 Å². The molecule has 1 saturated heterocycles. The van der Waals surface area contributed by atoms with Crippen LogP contribution in [-0.2, 0) is 4.74 Å². The molecule has 3 heterocycles. The Morgan fingerprint density at radius 3 is 2.74 bits per heavy atom. The summed E-state index contributed by atoms with van der Waals surface area (Å²) in [7, 11) is 0. The van der Waals surface area contributed by atoms with Gasteiger partial charge in [0, 0.05) is 26.2 Å². The molecule has 0 spiro atoms. The van der Waals surface area contributed by atoms with E-state index in [9.17, 15) is 4.79 Å². The molecule has 0 unspecified atom stereocenters. The van der Waals surface area contributed by atoms with Gasteiger partial charge in [-0.05, 0) is 19.9 Å². The summed E-state index contributed by atoms with van der Waals surface area (Å²) in [6.07, 6.45) is 2.59. The van der Waals surface area contributed by atoms with E-state index in [-0.39, 0.29) is 12.3 Å². The maximum absolute atomic E-state index is 12.1. The lowest BCUT2D eigenvalue weighted by Gasteiger charge is -2.35. The number of rotatable bonds is 5. The fraction of sp³-hybridized carbons (Fsp3) is 0.600. The number of aromatic nitrogens is 3.